The Morgan fingerprint density at radius 2 is 1.90 bits per heavy atom. The summed E-state index contributed by atoms with van der Waals surface area (Å²) in [5, 5.41) is 39.5. The van der Waals surface area contributed by atoms with Crippen LogP contribution in [-0.4, -0.2) is 63.5 Å². The van der Waals surface area contributed by atoms with E-state index < -0.39 is 37.3 Å². The van der Waals surface area contributed by atoms with Gasteiger partial charge >= 0.3 is 0 Å². The smallest absolute Gasteiger partial charge is 0.229 e. The largest absolute Gasteiger partial charge is 0.462 e. The molecule has 31 heavy (non-hydrogen) atoms. The van der Waals surface area contributed by atoms with Crippen LogP contribution >= 0.6 is 0 Å². The molecule has 9 atom stereocenters. The van der Waals surface area contributed by atoms with E-state index in [1.165, 1.54) is 11.1 Å². The van der Waals surface area contributed by atoms with Crippen LogP contribution in [0.5, 0.6) is 5.75 Å². The van der Waals surface area contributed by atoms with Gasteiger partial charge < -0.3 is 29.9 Å². The lowest BCUT2D eigenvalue weighted by Gasteiger charge is -2.48. The van der Waals surface area contributed by atoms with Gasteiger partial charge in [0.15, 0.2) is 0 Å². The summed E-state index contributed by atoms with van der Waals surface area (Å²) in [6.45, 7) is 1.69. The molecular weight excluding hydrogens is 400 g/mol. The van der Waals surface area contributed by atoms with Crippen molar-refractivity contribution in [2.24, 2.45) is 17.3 Å². The van der Waals surface area contributed by atoms with Crippen molar-refractivity contribution in [3.63, 3.8) is 0 Å². The second kappa shape index (κ2) is 7.81. The number of rotatable bonds is 3. The van der Waals surface area contributed by atoms with Crippen LogP contribution in [0.25, 0.3) is 0 Å². The van der Waals surface area contributed by atoms with Crippen LogP contribution in [0.3, 0.4) is 0 Å². The molecule has 0 spiro atoms. The van der Waals surface area contributed by atoms with Gasteiger partial charge in [-0.2, -0.15) is 0 Å². The fraction of sp³-hybridized carbons (Fsp3) is 0.708. The molecule has 7 nitrogen and oxygen atoms in total. The molecular formula is C24H32O7. The Labute approximate surface area is 182 Å². The molecule has 170 valence electrons. The Balaban J connectivity index is 1.34. The fourth-order valence-corrected chi connectivity index (χ4v) is 6.70. The number of benzene rings is 1. The number of hydrogen-bond donors (Lipinski definition) is 4. The first-order valence-corrected chi connectivity index (χ1v) is 11.5. The summed E-state index contributed by atoms with van der Waals surface area (Å²) in [6.07, 6.45) is -0.736. The van der Waals surface area contributed by atoms with E-state index in [9.17, 15) is 25.2 Å². The second-order valence-corrected chi connectivity index (χ2v) is 10.0. The average Bonchev–Trinajstić information content (AvgIpc) is 3.08. The molecule has 0 aromatic heterocycles. The molecule has 3 aliphatic carbocycles. The van der Waals surface area contributed by atoms with Crippen molar-refractivity contribution in [3.05, 3.63) is 29.3 Å². The maximum atomic E-state index is 12.5. The SMILES string of the molecule is C[C@]12CC[C@@H]3c4ccc(O[C@H]5O[C@H](CO)[C@@H](O)[C@H](O)[C@H]5O)cc4CC[C@H]3[C@@H]1CCC2=O. The van der Waals surface area contributed by atoms with Gasteiger partial charge in [-0.25, -0.2) is 0 Å². The monoisotopic (exact) mass is 432 g/mol. The number of carbonyl (C=O) groups excluding carboxylic acids is 1. The molecule has 7 heteroatoms. The first-order chi connectivity index (χ1) is 14.8. The van der Waals surface area contributed by atoms with Crippen molar-refractivity contribution < 1.29 is 34.7 Å². The van der Waals surface area contributed by atoms with E-state index >= 15 is 0 Å². The third-order valence-corrected chi connectivity index (χ3v) is 8.51. The molecule has 1 heterocycles. The number of ketones is 1. The maximum Gasteiger partial charge on any atom is 0.229 e. The van der Waals surface area contributed by atoms with Crippen LogP contribution in [0, 0.1) is 17.3 Å². The van der Waals surface area contributed by atoms with Crippen molar-refractivity contribution in [1.82, 2.24) is 0 Å². The number of aliphatic hydroxyl groups excluding tert-OH is 4. The number of Topliss-reactive ketones (excluding diaryl/α,β-unsaturated/α-hetero) is 1. The summed E-state index contributed by atoms with van der Waals surface area (Å²) in [6, 6.07) is 5.92. The highest BCUT2D eigenvalue weighted by molar-refractivity contribution is 5.87. The van der Waals surface area contributed by atoms with E-state index in [4.69, 9.17) is 9.47 Å². The lowest BCUT2D eigenvalue weighted by Crippen LogP contribution is -2.60. The predicted octanol–water partition coefficient (Wildman–Crippen LogP) is 1.29. The van der Waals surface area contributed by atoms with Gasteiger partial charge in [0, 0.05) is 11.8 Å². The first kappa shape index (κ1) is 21.3. The van der Waals surface area contributed by atoms with E-state index in [0.717, 1.165) is 38.5 Å². The van der Waals surface area contributed by atoms with Crippen LogP contribution in [0.15, 0.2) is 18.2 Å². The number of ether oxygens (including phenoxy) is 2. The Morgan fingerprint density at radius 1 is 1.10 bits per heavy atom. The lowest BCUT2D eigenvalue weighted by molar-refractivity contribution is -0.277. The van der Waals surface area contributed by atoms with E-state index in [2.05, 4.69) is 13.0 Å². The predicted molar refractivity (Wildman–Crippen MR) is 110 cm³/mol. The highest BCUT2D eigenvalue weighted by Crippen LogP contribution is 2.59. The van der Waals surface area contributed by atoms with Crippen molar-refractivity contribution >= 4 is 5.78 Å². The highest BCUT2D eigenvalue weighted by Gasteiger charge is 2.54. The summed E-state index contributed by atoms with van der Waals surface area (Å²) < 4.78 is 11.3. The topological polar surface area (TPSA) is 116 Å². The number of hydrogen-bond acceptors (Lipinski definition) is 7. The van der Waals surface area contributed by atoms with Gasteiger partial charge in [0.1, 0.15) is 35.9 Å². The van der Waals surface area contributed by atoms with Gasteiger partial charge in [0.25, 0.3) is 0 Å². The minimum absolute atomic E-state index is 0.134. The van der Waals surface area contributed by atoms with Crippen molar-refractivity contribution in [1.29, 1.82) is 0 Å². The van der Waals surface area contributed by atoms with Gasteiger partial charge in [0.05, 0.1) is 6.61 Å². The molecule has 0 amide bonds. The molecule has 4 N–H and O–H groups in total. The fourth-order valence-electron chi connectivity index (χ4n) is 6.70. The lowest BCUT2D eigenvalue weighted by atomic mass is 9.55. The minimum Gasteiger partial charge on any atom is -0.462 e. The third-order valence-electron chi connectivity index (χ3n) is 8.51. The zero-order chi connectivity index (χ0) is 21.9. The molecule has 5 rings (SSSR count). The standard InChI is InChI=1S/C24H32O7/c1-24-9-8-15-14-5-3-13(30-23-22(29)21(28)20(27)18(11-25)31-23)10-12(14)2-4-16(15)17(24)6-7-19(24)26/h3,5,10,15-18,20-23,25,27-29H,2,4,6-9,11H2,1H3/t15-,16-,17+,18-,20-,21+,22-,23+,24+/m1/s1. The van der Waals surface area contributed by atoms with E-state index in [-0.39, 0.29) is 5.41 Å². The summed E-state index contributed by atoms with van der Waals surface area (Å²) in [5.41, 5.74) is 2.42. The van der Waals surface area contributed by atoms with Crippen molar-refractivity contribution in [3.8, 4) is 5.75 Å². The van der Waals surface area contributed by atoms with Gasteiger partial charge in [0.2, 0.25) is 6.29 Å². The normalized spacial score (nSPS) is 44.4. The Hall–Kier alpha value is -1.51. The van der Waals surface area contributed by atoms with Gasteiger partial charge in [-0.1, -0.05) is 13.0 Å². The molecule has 0 unspecified atom stereocenters. The van der Waals surface area contributed by atoms with E-state index in [1.54, 1.807) is 0 Å². The number of aliphatic hydroxyl groups is 4. The van der Waals surface area contributed by atoms with Crippen LogP contribution in [0.2, 0.25) is 0 Å². The first-order valence-electron chi connectivity index (χ1n) is 11.5. The van der Waals surface area contributed by atoms with Crippen LogP contribution in [-0.2, 0) is 16.0 Å². The summed E-state index contributed by atoms with van der Waals surface area (Å²) in [4.78, 5) is 12.5. The molecule has 1 aromatic rings. The zero-order valence-electron chi connectivity index (χ0n) is 17.8. The summed E-state index contributed by atoms with van der Waals surface area (Å²) in [7, 11) is 0. The van der Waals surface area contributed by atoms with Gasteiger partial charge in [-0.05, 0) is 73.1 Å². The average molecular weight is 433 g/mol. The molecule has 3 fully saturated rings. The molecule has 4 aliphatic rings. The van der Waals surface area contributed by atoms with Crippen molar-refractivity contribution in [2.45, 2.75) is 82.1 Å². The Morgan fingerprint density at radius 3 is 2.68 bits per heavy atom. The van der Waals surface area contributed by atoms with Crippen molar-refractivity contribution in [2.75, 3.05) is 6.61 Å². The van der Waals surface area contributed by atoms with Crippen LogP contribution in [0.4, 0.5) is 0 Å². The van der Waals surface area contributed by atoms with Gasteiger partial charge in [-0.3, -0.25) is 4.79 Å². The molecule has 0 radical (unpaired) electrons. The molecule has 1 aromatic carbocycles. The third kappa shape index (κ3) is 3.33. The number of fused-ring (bicyclic) bond motifs is 5. The van der Waals surface area contributed by atoms with E-state index in [1.807, 2.05) is 12.1 Å². The maximum absolute atomic E-state index is 12.5. The molecule has 2 saturated carbocycles. The number of aryl methyl sites for hydroxylation is 1. The zero-order valence-corrected chi connectivity index (χ0v) is 17.8. The summed E-state index contributed by atoms with van der Waals surface area (Å²) in [5.74, 6) is 2.48. The Bertz CT molecular complexity index is 854. The van der Waals surface area contributed by atoms with Crippen LogP contribution < -0.4 is 4.74 Å². The van der Waals surface area contributed by atoms with Crippen LogP contribution in [0.1, 0.15) is 56.1 Å². The molecule has 1 aliphatic heterocycles. The quantitative estimate of drug-likeness (QED) is 0.569. The Kier molecular flexibility index (Phi) is 5.38. The number of carbonyl (C=O) groups is 1. The van der Waals surface area contributed by atoms with Gasteiger partial charge in [-0.15, -0.1) is 0 Å². The summed E-state index contributed by atoms with van der Waals surface area (Å²) >= 11 is 0. The van der Waals surface area contributed by atoms with E-state index in [0.29, 0.717) is 29.3 Å². The molecule has 0 bridgehead atoms. The minimum atomic E-state index is -1.46. The highest BCUT2D eigenvalue weighted by atomic mass is 16.7. The molecule has 1 saturated heterocycles. The second-order valence-electron chi connectivity index (χ2n) is 10.0.